The van der Waals surface area contributed by atoms with Gasteiger partial charge in [-0.3, -0.25) is 0 Å². The molecule has 0 unspecified atom stereocenters. The van der Waals surface area contributed by atoms with Gasteiger partial charge in [-0.25, -0.2) is 4.98 Å². The van der Waals surface area contributed by atoms with Crippen molar-refractivity contribution >= 4 is 11.6 Å². The first-order chi connectivity index (χ1) is 10.0. The molecule has 0 bridgehead atoms. The molecular formula is C13H17ClN6O. The van der Waals surface area contributed by atoms with E-state index in [1.807, 2.05) is 0 Å². The largest absolute Gasteiger partial charge is 0.460 e. The van der Waals surface area contributed by atoms with Crippen molar-refractivity contribution in [3.05, 3.63) is 17.9 Å². The van der Waals surface area contributed by atoms with Gasteiger partial charge in [0.05, 0.1) is 0 Å². The molecule has 3 rings (SSSR count). The minimum Gasteiger partial charge on any atom is -0.460 e. The Hall–Kier alpha value is -1.76. The van der Waals surface area contributed by atoms with Gasteiger partial charge in [0.2, 0.25) is 5.28 Å². The van der Waals surface area contributed by atoms with E-state index in [0.717, 1.165) is 25.7 Å². The van der Waals surface area contributed by atoms with Gasteiger partial charge in [0.1, 0.15) is 18.8 Å². The normalized spacial score (nSPS) is 18.6. The zero-order valence-corrected chi connectivity index (χ0v) is 12.8. The van der Waals surface area contributed by atoms with Crippen LogP contribution in [0.2, 0.25) is 5.28 Å². The Morgan fingerprint density at radius 3 is 2.67 bits per heavy atom. The Kier molecular flexibility index (Phi) is 3.75. The molecule has 0 N–H and O–H groups in total. The first kappa shape index (κ1) is 14.2. The zero-order chi connectivity index (χ0) is 14.9. The Balaban J connectivity index is 1.74. The Morgan fingerprint density at radius 2 is 2.00 bits per heavy atom. The van der Waals surface area contributed by atoms with Crippen molar-refractivity contribution in [2.75, 3.05) is 0 Å². The maximum Gasteiger partial charge on any atom is 0.322 e. The first-order valence-corrected chi connectivity index (χ1v) is 7.33. The fourth-order valence-corrected chi connectivity index (χ4v) is 2.58. The second-order valence-electron chi connectivity index (χ2n) is 6.01. The van der Waals surface area contributed by atoms with E-state index in [1.54, 1.807) is 0 Å². The molecule has 8 heteroatoms. The minimum atomic E-state index is 0.0849. The Labute approximate surface area is 127 Å². The van der Waals surface area contributed by atoms with Crippen LogP contribution in [0.25, 0.3) is 5.95 Å². The SMILES string of the molecule is CC1(C)CCC(Oc2nc(Cl)nc(-n3cncn3)n2)CC1. The molecule has 2 heterocycles. The van der Waals surface area contributed by atoms with E-state index < -0.39 is 0 Å². The molecule has 0 amide bonds. The predicted octanol–water partition coefficient (Wildman–Crippen LogP) is 2.45. The van der Waals surface area contributed by atoms with Crippen LogP contribution in [0.5, 0.6) is 6.01 Å². The molecule has 2 aromatic heterocycles. The van der Waals surface area contributed by atoms with Crippen molar-refractivity contribution in [3.8, 4) is 12.0 Å². The number of hydrogen-bond acceptors (Lipinski definition) is 6. The van der Waals surface area contributed by atoms with E-state index in [0.29, 0.717) is 11.4 Å². The summed E-state index contributed by atoms with van der Waals surface area (Å²) in [4.78, 5) is 16.1. The van der Waals surface area contributed by atoms with Gasteiger partial charge in [0.25, 0.3) is 5.95 Å². The van der Waals surface area contributed by atoms with E-state index in [2.05, 4.69) is 38.9 Å². The third-order valence-corrected chi connectivity index (χ3v) is 3.93. The number of halogens is 1. The number of ether oxygens (including phenoxy) is 1. The molecule has 1 aliphatic rings. The fraction of sp³-hybridized carbons (Fsp3) is 0.615. The van der Waals surface area contributed by atoms with Gasteiger partial charge >= 0.3 is 6.01 Å². The summed E-state index contributed by atoms with van der Waals surface area (Å²) < 4.78 is 7.28. The van der Waals surface area contributed by atoms with E-state index in [-0.39, 0.29) is 17.4 Å². The lowest BCUT2D eigenvalue weighted by Gasteiger charge is -2.33. The average Bonchev–Trinajstić information content (AvgIpc) is 2.95. The predicted molar refractivity (Wildman–Crippen MR) is 76.4 cm³/mol. The van der Waals surface area contributed by atoms with Crippen LogP contribution >= 0.6 is 11.6 Å². The maximum atomic E-state index is 5.93. The van der Waals surface area contributed by atoms with Gasteiger partial charge in [0, 0.05) is 0 Å². The minimum absolute atomic E-state index is 0.0849. The summed E-state index contributed by atoms with van der Waals surface area (Å²) in [5, 5.41) is 4.06. The van der Waals surface area contributed by atoms with Gasteiger partial charge in [-0.1, -0.05) is 13.8 Å². The van der Waals surface area contributed by atoms with Gasteiger partial charge < -0.3 is 4.74 Å². The van der Waals surface area contributed by atoms with Gasteiger partial charge in [-0.15, -0.1) is 0 Å². The summed E-state index contributed by atoms with van der Waals surface area (Å²) >= 11 is 5.93. The first-order valence-electron chi connectivity index (χ1n) is 6.95. The molecule has 0 spiro atoms. The van der Waals surface area contributed by atoms with Crippen molar-refractivity contribution in [1.82, 2.24) is 29.7 Å². The van der Waals surface area contributed by atoms with E-state index in [9.17, 15) is 0 Å². The molecular weight excluding hydrogens is 292 g/mol. The molecule has 0 atom stereocenters. The molecule has 1 saturated carbocycles. The second-order valence-corrected chi connectivity index (χ2v) is 6.35. The highest BCUT2D eigenvalue weighted by Gasteiger charge is 2.28. The third-order valence-electron chi connectivity index (χ3n) is 3.76. The Morgan fingerprint density at radius 1 is 1.24 bits per heavy atom. The monoisotopic (exact) mass is 308 g/mol. The van der Waals surface area contributed by atoms with Gasteiger partial charge in [-0.05, 0) is 42.7 Å². The second kappa shape index (κ2) is 5.55. The number of rotatable bonds is 3. The van der Waals surface area contributed by atoms with Crippen LogP contribution < -0.4 is 4.74 Å². The third kappa shape index (κ3) is 3.47. The van der Waals surface area contributed by atoms with Crippen molar-refractivity contribution in [2.24, 2.45) is 5.41 Å². The van der Waals surface area contributed by atoms with Crippen molar-refractivity contribution in [2.45, 2.75) is 45.6 Å². The molecule has 0 radical (unpaired) electrons. The summed E-state index contributed by atoms with van der Waals surface area (Å²) in [5.74, 6) is 0.304. The number of nitrogens with zero attached hydrogens (tertiary/aromatic N) is 6. The molecule has 2 aromatic rings. The number of hydrogen-bond donors (Lipinski definition) is 0. The van der Waals surface area contributed by atoms with Gasteiger partial charge in [0.15, 0.2) is 0 Å². The number of aromatic nitrogens is 6. The summed E-state index contributed by atoms with van der Waals surface area (Å²) in [7, 11) is 0. The highest BCUT2D eigenvalue weighted by molar-refractivity contribution is 6.28. The van der Waals surface area contributed by atoms with E-state index >= 15 is 0 Å². The quantitative estimate of drug-likeness (QED) is 0.866. The van der Waals surface area contributed by atoms with Crippen LogP contribution in [-0.4, -0.2) is 35.8 Å². The van der Waals surface area contributed by atoms with Crippen LogP contribution in [-0.2, 0) is 0 Å². The lowest BCUT2D eigenvalue weighted by Crippen LogP contribution is -2.29. The molecule has 112 valence electrons. The van der Waals surface area contributed by atoms with Crippen LogP contribution in [0.4, 0.5) is 0 Å². The maximum absolute atomic E-state index is 5.93. The smallest absolute Gasteiger partial charge is 0.322 e. The van der Waals surface area contributed by atoms with Crippen molar-refractivity contribution in [1.29, 1.82) is 0 Å². The topological polar surface area (TPSA) is 78.6 Å². The summed E-state index contributed by atoms with van der Waals surface area (Å²) in [6, 6.07) is 0.241. The highest BCUT2D eigenvalue weighted by Crippen LogP contribution is 2.36. The lowest BCUT2D eigenvalue weighted by atomic mass is 9.76. The van der Waals surface area contributed by atoms with Crippen LogP contribution in [0.3, 0.4) is 0 Å². The molecule has 7 nitrogen and oxygen atoms in total. The van der Waals surface area contributed by atoms with Crippen LogP contribution in [0, 0.1) is 5.41 Å². The van der Waals surface area contributed by atoms with E-state index in [1.165, 1.54) is 17.3 Å². The summed E-state index contributed by atoms with van der Waals surface area (Å²) in [6.07, 6.45) is 7.28. The standard InChI is InChI=1S/C13H17ClN6O/c1-13(2)5-3-9(4-6-13)21-12-18-10(14)17-11(19-12)20-8-15-7-16-20/h7-9H,3-6H2,1-2H3. The molecule has 0 aliphatic heterocycles. The van der Waals surface area contributed by atoms with Crippen LogP contribution in [0.1, 0.15) is 39.5 Å². The molecule has 1 aliphatic carbocycles. The van der Waals surface area contributed by atoms with Crippen molar-refractivity contribution < 1.29 is 4.74 Å². The molecule has 1 fully saturated rings. The summed E-state index contributed by atoms with van der Waals surface area (Å²) in [6.45, 7) is 4.57. The average molecular weight is 309 g/mol. The molecule has 0 aromatic carbocycles. The zero-order valence-electron chi connectivity index (χ0n) is 12.0. The highest BCUT2D eigenvalue weighted by atomic mass is 35.5. The Bertz CT molecular complexity index is 605. The summed E-state index contributed by atoms with van der Waals surface area (Å²) in [5.41, 5.74) is 0.391. The van der Waals surface area contributed by atoms with E-state index in [4.69, 9.17) is 16.3 Å². The molecule has 21 heavy (non-hydrogen) atoms. The fourth-order valence-electron chi connectivity index (χ4n) is 2.43. The van der Waals surface area contributed by atoms with Gasteiger partial charge in [-0.2, -0.15) is 24.7 Å². The van der Waals surface area contributed by atoms with Crippen LogP contribution in [0.15, 0.2) is 12.7 Å². The van der Waals surface area contributed by atoms with Crippen molar-refractivity contribution in [3.63, 3.8) is 0 Å². The molecule has 0 saturated heterocycles. The lowest BCUT2D eigenvalue weighted by molar-refractivity contribution is 0.0903.